The van der Waals surface area contributed by atoms with Crippen molar-refractivity contribution in [3.05, 3.63) is 215 Å². The minimum absolute atomic E-state index is 0.0752. The summed E-state index contributed by atoms with van der Waals surface area (Å²) >= 11 is 0. The molecule has 6 aromatic carbocycles. The van der Waals surface area contributed by atoms with Gasteiger partial charge in [-0.1, -0.05) is 182 Å². The fourth-order valence-corrected chi connectivity index (χ4v) is 6.87. The van der Waals surface area contributed by atoms with Gasteiger partial charge in [0.2, 0.25) is 0 Å². The molecule has 0 saturated carbocycles. The zero-order valence-corrected chi connectivity index (χ0v) is 29.0. The molecule has 6 aromatic rings. The van der Waals surface area contributed by atoms with E-state index in [4.69, 9.17) is 23.7 Å². The summed E-state index contributed by atoms with van der Waals surface area (Å²) in [7, 11) is 0. The molecule has 0 spiro atoms. The van der Waals surface area contributed by atoms with Crippen LogP contribution in [0.15, 0.2) is 182 Å². The van der Waals surface area contributed by atoms with E-state index in [0.717, 1.165) is 33.4 Å². The van der Waals surface area contributed by atoms with Crippen molar-refractivity contribution in [2.45, 2.75) is 56.1 Å². The Morgan fingerprint density at radius 1 is 0.423 bits per heavy atom. The number of hydrogen-bond donors (Lipinski definition) is 1. The Hall–Kier alpha value is -4.92. The maximum atomic E-state index is 11.7. The van der Waals surface area contributed by atoms with Gasteiger partial charge in [0.15, 0.2) is 6.29 Å². The third kappa shape index (κ3) is 8.41. The fraction of sp³-hybridized carbons (Fsp3) is 0.217. The Labute approximate surface area is 306 Å². The predicted octanol–water partition coefficient (Wildman–Crippen LogP) is 8.47. The topological polar surface area (TPSA) is 66.4 Å². The molecular weight excluding hydrogens is 649 g/mol. The average molecular weight is 693 g/mol. The molecule has 1 N–H and O–H groups in total. The van der Waals surface area contributed by atoms with Crippen molar-refractivity contribution in [2.24, 2.45) is 0 Å². The lowest BCUT2D eigenvalue weighted by Crippen LogP contribution is -2.61. The average Bonchev–Trinajstić information content (AvgIpc) is 3.22. The Morgan fingerprint density at radius 2 is 0.750 bits per heavy atom. The van der Waals surface area contributed by atoms with Gasteiger partial charge in [0.05, 0.1) is 26.4 Å². The summed E-state index contributed by atoms with van der Waals surface area (Å²) in [6.45, 7) is 0.943. The lowest BCUT2D eigenvalue weighted by molar-refractivity contribution is -0.319. The zero-order valence-electron chi connectivity index (χ0n) is 29.0. The van der Waals surface area contributed by atoms with Gasteiger partial charge < -0.3 is 28.8 Å². The van der Waals surface area contributed by atoms with Gasteiger partial charge in [-0.2, -0.15) is 0 Å². The van der Waals surface area contributed by atoms with Crippen LogP contribution in [-0.2, 0) is 49.1 Å². The van der Waals surface area contributed by atoms with E-state index in [1.165, 1.54) is 0 Å². The van der Waals surface area contributed by atoms with E-state index in [1.807, 2.05) is 146 Å². The van der Waals surface area contributed by atoms with Crippen LogP contribution in [0.25, 0.3) is 0 Å². The van der Waals surface area contributed by atoms with E-state index in [2.05, 4.69) is 36.4 Å². The van der Waals surface area contributed by atoms with Gasteiger partial charge in [-0.15, -0.1) is 0 Å². The standard InChI is InChI=1S/C46H44O6/c47-45-44(50-33-37-23-11-3-12-24-37)43(49-32-36-21-9-2-10-22-36)42(48-31-35-19-7-1-8-20-35)41(52-45)34-51-46(38-25-13-4-14-26-38,39-27-15-5-16-28-39)40-29-17-6-18-30-40/h1-30,41-45,47H,31-34H2/t41-,42-,43+,44-,45?/m1/s1. The first-order valence-electron chi connectivity index (χ1n) is 17.8. The van der Waals surface area contributed by atoms with E-state index in [-0.39, 0.29) is 13.2 Å². The molecule has 1 heterocycles. The smallest absolute Gasteiger partial charge is 0.184 e. The van der Waals surface area contributed by atoms with Crippen LogP contribution >= 0.6 is 0 Å². The lowest BCUT2D eigenvalue weighted by atomic mass is 9.80. The molecule has 0 radical (unpaired) electrons. The first-order chi connectivity index (χ1) is 25.7. The zero-order chi connectivity index (χ0) is 35.4. The number of ether oxygens (including phenoxy) is 5. The van der Waals surface area contributed by atoms with Gasteiger partial charge in [0, 0.05) is 0 Å². The third-order valence-electron chi connectivity index (χ3n) is 9.47. The van der Waals surface area contributed by atoms with E-state index in [0.29, 0.717) is 13.2 Å². The number of aliphatic hydroxyl groups is 1. The largest absolute Gasteiger partial charge is 0.368 e. The molecular formula is C46H44O6. The highest BCUT2D eigenvalue weighted by Gasteiger charge is 2.49. The summed E-state index contributed by atoms with van der Waals surface area (Å²) in [6, 6.07) is 60.5. The van der Waals surface area contributed by atoms with Crippen LogP contribution in [0.3, 0.4) is 0 Å². The molecule has 1 fully saturated rings. The van der Waals surface area contributed by atoms with Gasteiger partial charge in [0.1, 0.15) is 30.0 Å². The Kier molecular flexibility index (Phi) is 12.0. The maximum Gasteiger partial charge on any atom is 0.184 e. The molecule has 264 valence electrons. The van der Waals surface area contributed by atoms with Crippen molar-refractivity contribution >= 4 is 0 Å². The van der Waals surface area contributed by atoms with E-state index in [1.54, 1.807) is 0 Å². The number of aliphatic hydroxyl groups excluding tert-OH is 1. The highest BCUT2D eigenvalue weighted by Crippen LogP contribution is 2.41. The minimum atomic E-state index is -1.31. The normalized spacial score (nSPS) is 20.4. The SMILES string of the molecule is OC1O[C@H](COC(c2ccccc2)(c2ccccc2)c2ccccc2)[C@@H](OCc2ccccc2)[C@H](OCc2ccccc2)[C@H]1OCc1ccccc1. The number of rotatable bonds is 15. The minimum Gasteiger partial charge on any atom is -0.368 e. The van der Waals surface area contributed by atoms with E-state index in [9.17, 15) is 5.11 Å². The Bertz CT molecular complexity index is 1800. The highest BCUT2D eigenvalue weighted by molar-refractivity contribution is 5.47. The maximum absolute atomic E-state index is 11.7. The number of hydrogen-bond acceptors (Lipinski definition) is 6. The van der Waals surface area contributed by atoms with Crippen LogP contribution < -0.4 is 0 Å². The Balaban J connectivity index is 1.25. The van der Waals surface area contributed by atoms with Crippen LogP contribution in [0.4, 0.5) is 0 Å². The Morgan fingerprint density at radius 3 is 1.13 bits per heavy atom. The van der Waals surface area contributed by atoms with Crippen molar-refractivity contribution < 1.29 is 28.8 Å². The van der Waals surface area contributed by atoms with Crippen molar-refractivity contribution in [1.29, 1.82) is 0 Å². The van der Waals surface area contributed by atoms with Gasteiger partial charge in [-0.05, 0) is 33.4 Å². The second kappa shape index (κ2) is 17.5. The molecule has 0 aliphatic carbocycles. The molecule has 1 aliphatic rings. The lowest BCUT2D eigenvalue weighted by Gasteiger charge is -2.45. The summed E-state index contributed by atoms with van der Waals surface area (Å²) < 4.78 is 33.6. The second-order valence-corrected chi connectivity index (χ2v) is 12.9. The molecule has 52 heavy (non-hydrogen) atoms. The van der Waals surface area contributed by atoms with Gasteiger partial charge in [-0.3, -0.25) is 0 Å². The molecule has 6 heteroatoms. The van der Waals surface area contributed by atoms with E-state index >= 15 is 0 Å². The van der Waals surface area contributed by atoms with Crippen LogP contribution in [0.2, 0.25) is 0 Å². The van der Waals surface area contributed by atoms with Crippen LogP contribution in [0.1, 0.15) is 33.4 Å². The summed E-state index contributed by atoms with van der Waals surface area (Å²) in [6.07, 6.45) is -4.26. The van der Waals surface area contributed by atoms with Crippen molar-refractivity contribution in [3.8, 4) is 0 Å². The van der Waals surface area contributed by atoms with Crippen molar-refractivity contribution in [2.75, 3.05) is 6.61 Å². The monoisotopic (exact) mass is 692 g/mol. The summed E-state index contributed by atoms with van der Waals surface area (Å²) in [4.78, 5) is 0. The van der Waals surface area contributed by atoms with Crippen LogP contribution in [-0.4, -0.2) is 42.4 Å². The molecule has 6 nitrogen and oxygen atoms in total. The summed E-state index contributed by atoms with van der Waals surface area (Å²) in [5.41, 5.74) is 4.87. The van der Waals surface area contributed by atoms with E-state index < -0.39 is 36.3 Å². The predicted molar refractivity (Wildman–Crippen MR) is 201 cm³/mol. The molecule has 1 unspecified atom stereocenters. The van der Waals surface area contributed by atoms with Crippen molar-refractivity contribution in [3.63, 3.8) is 0 Å². The molecule has 0 amide bonds. The number of benzene rings is 6. The summed E-state index contributed by atoms with van der Waals surface area (Å²) in [5, 5.41) is 11.7. The fourth-order valence-electron chi connectivity index (χ4n) is 6.87. The van der Waals surface area contributed by atoms with Gasteiger partial charge in [-0.25, -0.2) is 0 Å². The van der Waals surface area contributed by atoms with Crippen LogP contribution in [0.5, 0.6) is 0 Å². The first-order valence-corrected chi connectivity index (χ1v) is 17.8. The molecule has 0 aromatic heterocycles. The second-order valence-electron chi connectivity index (χ2n) is 12.9. The molecule has 5 atom stereocenters. The van der Waals surface area contributed by atoms with Gasteiger partial charge >= 0.3 is 0 Å². The molecule has 1 saturated heterocycles. The molecule has 7 rings (SSSR count). The third-order valence-corrected chi connectivity index (χ3v) is 9.47. The molecule has 1 aliphatic heterocycles. The molecule has 0 bridgehead atoms. The van der Waals surface area contributed by atoms with Crippen molar-refractivity contribution in [1.82, 2.24) is 0 Å². The van der Waals surface area contributed by atoms with Crippen LogP contribution in [0, 0.1) is 0 Å². The quantitative estimate of drug-likeness (QED) is 0.109. The van der Waals surface area contributed by atoms with Gasteiger partial charge in [0.25, 0.3) is 0 Å². The first kappa shape index (κ1) is 35.5. The summed E-state index contributed by atoms with van der Waals surface area (Å²) in [5.74, 6) is 0. The highest BCUT2D eigenvalue weighted by atomic mass is 16.7.